The average molecular weight is 468 g/mol. The smallest absolute Gasteiger partial charge is 0.269 e. The Morgan fingerprint density at radius 2 is 1.65 bits per heavy atom. The Kier molecular flexibility index (Phi) is 7.15. The van der Waals surface area contributed by atoms with Gasteiger partial charge in [-0.05, 0) is 55.2 Å². The lowest BCUT2D eigenvalue weighted by atomic mass is 10.1. The second kappa shape index (κ2) is 10.4. The minimum atomic E-state index is -0.532. The van der Waals surface area contributed by atoms with Gasteiger partial charge >= 0.3 is 0 Å². The van der Waals surface area contributed by atoms with Crippen molar-refractivity contribution in [2.45, 2.75) is 31.9 Å². The number of thioether (sulfide) groups is 1. The highest BCUT2D eigenvalue weighted by Gasteiger charge is 2.40. The van der Waals surface area contributed by atoms with E-state index in [1.807, 2.05) is 67.6 Å². The maximum atomic E-state index is 13.5. The van der Waals surface area contributed by atoms with Gasteiger partial charge in [0, 0.05) is 11.4 Å². The molecule has 2 amide bonds. The van der Waals surface area contributed by atoms with Crippen molar-refractivity contribution in [3.8, 4) is 6.07 Å². The van der Waals surface area contributed by atoms with E-state index in [-0.39, 0.29) is 11.5 Å². The maximum Gasteiger partial charge on any atom is 0.269 e. The summed E-state index contributed by atoms with van der Waals surface area (Å²) in [6.45, 7) is 4.06. The third-order valence-electron chi connectivity index (χ3n) is 5.68. The quantitative estimate of drug-likeness (QED) is 0.377. The molecule has 34 heavy (non-hydrogen) atoms. The van der Waals surface area contributed by atoms with Crippen LogP contribution in [0.25, 0.3) is 0 Å². The lowest BCUT2D eigenvalue weighted by Gasteiger charge is -2.18. The highest BCUT2D eigenvalue weighted by molar-refractivity contribution is 8.05. The van der Waals surface area contributed by atoms with Crippen molar-refractivity contribution in [3.05, 3.63) is 106 Å². The number of hydrogen-bond acceptors (Lipinski definition) is 4. The van der Waals surface area contributed by atoms with Gasteiger partial charge in [-0.1, -0.05) is 78.8 Å². The van der Waals surface area contributed by atoms with Crippen LogP contribution in [0.2, 0.25) is 0 Å². The van der Waals surface area contributed by atoms with Crippen LogP contribution in [0.4, 0.5) is 11.4 Å². The Morgan fingerprint density at radius 1 is 1.00 bits per heavy atom. The third kappa shape index (κ3) is 5.05. The molecule has 170 valence electrons. The Balaban J connectivity index is 1.68. The third-order valence-corrected chi connectivity index (χ3v) is 6.94. The van der Waals surface area contributed by atoms with Crippen molar-refractivity contribution < 1.29 is 9.59 Å². The first kappa shape index (κ1) is 23.3. The fourth-order valence-corrected chi connectivity index (χ4v) is 5.06. The van der Waals surface area contributed by atoms with Crippen molar-refractivity contribution in [1.82, 2.24) is 0 Å². The van der Waals surface area contributed by atoms with Crippen molar-refractivity contribution in [1.29, 1.82) is 5.26 Å². The van der Waals surface area contributed by atoms with E-state index >= 15 is 0 Å². The van der Waals surface area contributed by atoms with Gasteiger partial charge in [0.05, 0.1) is 5.25 Å². The Labute approximate surface area is 204 Å². The summed E-state index contributed by atoms with van der Waals surface area (Å²) in [6.07, 6.45) is 1.46. The van der Waals surface area contributed by atoms with E-state index in [9.17, 15) is 14.9 Å². The summed E-state index contributed by atoms with van der Waals surface area (Å²) < 4.78 is 0. The zero-order valence-corrected chi connectivity index (χ0v) is 19.9. The molecular weight excluding hydrogens is 442 g/mol. The van der Waals surface area contributed by atoms with E-state index in [1.54, 1.807) is 12.1 Å². The highest BCUT2D eigenvalue weighted by atomic mass is 32.2. The molecular formula is C28H25N3O2S. The van der Waals surface area contributed by atoms with Crippen molar-refractivity contribution in [3.63, 3.8) is 0 Å². The molecule has 3 aromatic carbocycles. The normalized spacial score (nSPS) is 16.8. The van der Waals surface area contributed by atoms with E-state index in [0.717, 1.165) is 17.5 Å². The minimum Gasteiger partial charge on any atom is -0.321 e. The predicted molar refractivity (Wildman–Crippen MR) is 137 cm³/mol. The van der Waals surface area contributed by atoms with Crippen molar-refractivity contribution in [2.24, 2.45) is 0 Å². The second-order valence-corrected chi connectivity index (χ2v) is 9.29. The van der Waals surface area contributed by atoms with Gasteiger partial charge in [-0.25, -0.2) is 0 Å². The van der Waals surface area contributed by atoms with Crippen LogP contribution in [0.15, 0.2) is 89.5 Å². The molecule has 1 fully saturated rings. The summed E-state index contributed by atoms with van der Waals surface area (Å²) in [5, 5.41) is 12.7. The first-order valence-electron chi connectivity index (χ1n) is 11.2. The van der Waals surface area contributed by atoms with Crippen LogP contribution in [-0.4, -0.2) is 17.1 Å². The molecule has 0 saturated carbocycles. The first-order chi connectivity index (χ1) is 16.5. The summed E-state index contributed by atoms with van der Waals surface area (Å²) >= 11 is 1.27. The fourth-order valence-electron chi connectivity index (χ4n) is 3.75. The fraction of sp³-hybridized carbons (Fsp3) is 0.179. The van der Waals surface area contributed by atoms with Crippen molar-refractivity contribution >= 4 is 35.0 Å². The molecule has 0 aromatic heterocycles. The molecule has 1 heterocycles. The van der Waals surface area contributed by atoms with Crippen LogP contribution in [0.5, 0.6) is 0 Å². The molecule has 0 bridgehead atoms. The number of para-hydroxylation sites is 1. The Hall–Kier alpha value is -3.82. The minimum absolute atomic E-state index is 0.0772. The van der Waals surface area contributed by atoms with Crippen LogP contribution in [0.1, 0.15) is 23.6 Å². The molecule has 1 N–H and O–H groups in total. The summed E-state index contributed by atoms with van der Waals surface area (Å²) in [5.41, 5.74) is 4.50. The monoisotopic (exact) mass is 467 g/mol. The average Bonchev–Trinajstić information content (AvgIpc) is 3.17. The van der Waals surface area contributed by atoms with E-state index in [4.69, 9.17) is 0 Å². The van der Waals surface area contributed by atoms with E-state index in [2.05, 4.69) is 24.4 Å². The zero-order valence-electron chi connectivity index (χ0n) is 19.1. The largest absolute Gasteiger partial charge is 0.321 e. The number of aryl methyl sites for hydroxylation is 2. The summed E-state index contributed by atoms with van der Waals surface area (Å²) in [7, 11) is 0. The molecule has 1 aliphatic rings. The maximum absolute atomic E-state index is 13.5. The van der Waals surface area contributed by atoms with Gasteiger partial charge in [-0.15, -0.1) is 0 Å². The number of rotatable bonds is 6. The van der Waals surface area contributed by atoms with Gasteiger partial charge in [0.2, 0.25) is 5.91 Å². The molecule has 5 nitrogen and oxygen atoms in total. The van der Waals surface area contributed by atoms with E-state index < -0.39 is 11.2 Å². The number of amides is 2. The van der Waals surface area contributed by atoms with Crippen LogP contribution in [0, 0.1) is 18.3 Å². The first-order valence-corrected chi connectivity index (χ1v) is 12.0. The number of hydrogen-bond donors (Lipinski definition) is 1. The number of anilines is 2. The van der Waals surface area contributed by atoms with Crippen molar-refractivity contribution in [2.75, 3.05) is 10.2 Å². The molecule has 1 atom stereocenters. The van der Waals surface area contributed by atoms with Crippen LogP contribution in [0.3, 0.4) is 0 Å². The summed E-state index contributed by atoms with van der Waals surface area (Å²) in [6, 6.07) is 26.8. The highest BCUT2D eigenvalue weighted by Crippen LogP contribution is 2.42. The lowest BCUT2D eigenvalue weighted by molar-refractivity contribution is -0.117. The molecule has 6 heteroatoms. The molecule has 0 spiro atoms. The van der Waals surface area contributed by atoms with Crippen LogP contribution in [-0.2, 0) is 22.4 Å². The summed E-state index contributed by atoms with van der Waals surface area (Å²) in [5.74, 6) is -0.669. The van der Waals surface area contributed by atoms with Crippen LogP contribution < -0.4 is 10.2 Å². The SMILES string of the molecule is CCc1ccc(CC2S/C(=C(\C#N)C(=O)Nc3ccc(C)cc3)N(c3ccccc3)C2=O)cc1. The molecule has 0 aliphatic carbocycles. The molecule has 1 saturated heterocycles. The number of nitrogens with one attached hydrogen (secondary N) is 1. The van der Waals surface area contributed by atoms with Gasteiger partial charge in [0.15, 0.2) is 0 Å². The zero-order chi connectivity index (χ0) is 24.1. The molecule has 1 unspecified atom stereocenters. The topological polar surface area (TPSA) is 73.2 Å². The van der Waals surface area contributed by atoms with Crippen LogP contribution >= 0.6 is 11.8 Å². The number of nitrogens with zero attached hydrogens (tertiary/aromatic N) is 2. The Morgan fingerprint density at radius 3 is 2.26 bits per heavy atom. The number of nitriles is 1. The van der Waals surface area contributed by atoms with Gasteiger partial charge in [0.25, 0.3) is 5.91 Å². The molecule has 1 aliphatic heterocycles. The van der Waals surface area contributed by atoms with Gasteiger partial charge in [-0.3, -0.25) is 14.5 Å². The van der Waals surface area contributed by atoms with Gasteiger partial charge < -0.3 is 5.32 Å². The second-order valence-electron chi connectivity index (χ2n) is 8.10. The number of carbonyl (C=O) groups excluding carboxylic acids is 2. The molecule has 4 rings (SSSR count). The van der Waals surface area contributed by atoms with Gasteiger partial charge in [0.1, 0.15) is 16.7 Å². The van der Waals surface area contributed by atoms with E-state index in [1.165, 1.54) is 22.2 Å². The lowest BCUT2D eigenvalue weighted by Crippen LogP contribution is -2.30. The predicted octanol–water partition coefficient (Wildman–Crippen LogP) is 5.62. The summed E-state index contributed by atoms with van der Waals surface area (Å²) in [4.78, 5) is 28.1. The molecule has 3 aromatic rings. The molecule has 0 radical (unpaired) electrons. The Bertz CT molecular complexity index is 1260. The number of carbonyl (C=O) groups is 2. The number of benzene rings is 3. The standard InChI is InChI=1S/C28H25N3O2S/c1-3-20-11-13-21(14-12-20)17-25-27(33)31(23-7-5-4-6-8-23)28(34-25)24(18-29)26(32)30-22-15-9-19(2)10-16-22/h4-16,25H,3,17H2,1-2H3,(H,30,32)/b28-24+. The van der Waals surface area contributed by atoms with E-state index in [0.29, 0.717) is 22.8 Å². The van der Waals surface area contributed by atoms with Gasteiger partial charge in [-0.2, -0.15) is 5.26 Å².